The number of likely N-dealkylation sites (tertiary alicyclic amines) is 1. The van der Waals surface area contributed by atoms with E-state index in [1.54, 1.807) is 0 Å². The summed E-state index contributed by atoms with van der Waals surface area (Å²) in [6.07, 6.45) is 3.91. The van der Waals surface area contributed by atoms with Crippen LogP contribution in [0.4, 0.5) is 0 Å². The van der Waals surface area contributed by atoms with Gasteiger partial charge in [0.2, 0.25) is 5.91 Å². The quantitative estimate of drug-likeness (QED) is 0.426. The van der Waals surface area contributed by atoms with E-state index in [0.717, 1.165) is 32.0 Å². The van der Waals surface area contributed by atoms with Crippen molar-refractivity contribution in [3.05, 3.63) is 35.9 Å². The van der Waals surface area contributed by atoms with Gasteiger partial charge in [0.15, 0.2) is 5.96 Å². The van der Waals surface area contributed by atoms with E-state index in [-0.39, 0.29) is 11.9 Å². The number of benzene rings is 1. The minimum absolute atomic E-state index is 0.0805. The average Bonchev–Trinajstić information content (AvgIpc) is 3.23. The number of carbonyl (C=O) groups excluding carboxylic acids is 1. The van der Waals surface area contributed by atoms with Gasteiger partial charge >= 0.3 is 0 Å². The molecule has 1 aromatic rings. The molecular formula is C22H37N5O. The Morgan fingerprint density at radius 2 is 1.86 bits per heavy atom. The van der Waals surface area contributed by atoms with Gasteiger partial charge in [0, 0.05) is 25.6 Å². The molecule has 1 fully saturated rings. The zero-order valence-corrected chi connectivity index (χ0v) is 17.7. The molecule has 1 amide bonds. The normalized spacial score (nSPS) is 17.2. The second-order valence-electron chi connectivity index (χ2n) is 7.44. The number of guanidine groups is 1. The van der Waals surface area contributed by atoms with Crippen LogP contribution in [0.5, 0.6) is 0 Å². The van der Waals surface area contributed by atoms with E-state index in [2.05, 4.69) is 65.0 Å². The van der Waals surface area contributed by atoms with Crippen LogP contribution in [0.15, 0.2) is 35.3 Å². The lowest BCUT2D eigenvalue weighted by atomic mass is 10.1. The minimum Gasteiger partial charge on any atom is -0.357 e. The number of aliphatic imine (C=N–C) groups is 1. The van der Waals surface area contributed by atoms with Gasteiger partial charge in [-0.05, 0) is 51.8 Å². The van der Waals surface area contributed by atoms with E-state index >= 15 is 0 Å². The molecule has 1 heterocycles. The van der Waals surface area contributed by atoms with Crippen LogP contribution in [0, 0.1) is 0 Å². The lowest BCUT2D eigenvalue weighted by Gasteiger charge is -2.27. The van der Waals surface area contributed by atoms with Crippen molar-refractivity contribution in [2.45, 2.75) is 58.5 Å². The first-order valence-electron chi connectivity index (χ1n) is 10.7. The summed E-state index contributed by atoms with van der Waals surface area (Å²) in [5, 5.41) is 9.59. The Balaban J connectivity index is 1.93. The first-order chi connectivity index (χ1) is 13.6. The molecule has 1 aliphatic heterocycles. The molecule has 3 N–H and O–H groups in total. The predicted molar refractivity (Wildman–Crippen MR) is 116 cm³/mol. The van der Waals surface area contributed by atoms with Crippen molar-refractivity contribution in [1.29, 1.82) is 0 Å². The Morgan fingerprint density at radius 1 is 1.14 bits per heavy atom. The van der Waals surface area contributed by atoms with Crippen LogP contribution in [-0.2, 0) is 4.79 Å². The van der Waals surface area contributed by atoms with Crippen LogP contribution in [0.25, 0.3) is 0 Å². The van der Waals surface area contributed by atoms with E-state index in [1.165, 1.54) is 18.4 Å². The smallest absolute Gasteiger partial charge is 0.221 e. The third-order valence-electron chi connectivity index (χ3n) is 5.20. The molecule has 28 heavy (non-hydrogen) atoms. The fraction of sp³-hybridized carbons (Fsp3) is 0.636. The van der Waals surface area contributed by atoms with Gasteiger partial charge in [0.05, 0.1) is 12.6 Å². The summed E-state index contributed by atoms with van der Waals surface area (Å²) in [6.45, 7) is 10.5. The van der Waals surface area contributed by atoms with Crippen molar-refractivity contribution in [3.63, 3.8) is 0 Å². The van der Waals surface area contributed by atoms with Gasteiger partial charge < -0.3 is 16.0 Å². The van der Waals surface area contributed by atoms with Gasteiger partial charge in [0.25, 0.3) is 0 Å². The van der Waals surface area contributed by atoms with E-state index < -0.39 is 0 Å². The molecule has 6 nitrogen and oxygen atoms in total. The number of hydrogen-bond donors (Lipinski definition) is 3. The highest BCUT2D eigenvalue weighted by Gasteiger charge is 2.23. The fourth-order valence-electron chi connectivity index (χ4n) is 3.42. The van der Waals surface area contributed by atoms with Gasteiger partial charge in [-0.2, -0.15) is 0 Å². The molecule has 0 bridgehead atoms. The Kier molecular flexibility index (Phi) is 9.83. The number of hydrogen-bond acceptors (Lipinski definition) is 3. The SMILES string of the molecule is CCNC(=NCC(c1ccccc1)N1CCCC1)NCCC(=O)NC(C)CC. The molecule has 2 rings (SSSR count). The Morgan fingerprint density at radius 3 is 2.50 bits per heavy atom. The highest BCUT2D eigenvalue weighted by atomic mass is 16.1. The van der Waals surface area contributed by atoms with Crippen molar-refractivity contribution < 1.29 is 4.79 Å². The largest absolute Gasteiger partial charge is 0.357 e. The maximum absolute atomic E-state index is 12.0. The molecule has 0 aromatic heterocycles. The third kappa shape index (κ3) is 7.50. The first kappa shape index (κ1) is 22.2. The van der Waals surface area contributed by atoms with Crippen molar-refractivity contribution in [3.8, 4) is 0 Å². The lowest BCUT2D eigenvalue weighted by molar-refractivity contribution is -0.121. The van der Waals surface area contributed by atoms with E-state index in [0.29, 0.717) is 25.6 Å². The number of amides is 1. The number of nitrogens with one attached hydrogen (secondary N) is 3. The Bertz CT molecular complexity index is 598. The molecule has 2 unspecified atom stereocenters. The van der Waals surface area contributed by atoms with Crippen LogP contribution >= 0.6 is 0 Å². The van der Waals surface area contributed by atoms with Gasteiger partial charge in [-0.25, -0.2) is 0 Å². The molecule has 0 spiro atoms. The maximum Gasteiger partial charge on any atom is 0.221 e. The maximum atomic E-state index is 12.0. The van der Waals surface area contributed by atoms with Gasteiger partial charge in [-0.3, -0.25) is 14.7 Å². The van der Waals surface area contributed by atoms with Crippen LogP contribution in [-0.4, -0.2) is 55.5 Å². The summed E-state index contributed by atoms with van der Waals surface area (Å²) in [5.41, 5.74) is 1.32. The molecule has 2 atom stereocenters. The fourth-order valence-corrected chi connectivity index (χ4v) is 3.42. The Hall–Kier alpha value is -2.08. The van der Waals surface area contributed by atoms with Crippen molar-refractivity contribution in [2.75, 3.05) is 32.7 Å². The topological polar surface area (TPSA) is 68.8 Å². The molecule has 6 heteroatoms. The molecule has 0 aliphatic carbocycles. The Labute approximate surface area is 170 Å². The third-order valence-corrected chi connectivity index (χ3v) is 5.20. The van der Waals surface area contributed by atoms with E-state index in [9.17, 15) is 4.79 Å². The van der Waals surface area contributed by atoms with Crippen LogP contribution in [0.1, 0.15) is 58.1 Å². The second-order valence-corrected chi connectivity index (χ2v) is 7.44. The predicted octanol–water partition coefficient (Wildman–Crippen LogP) is 2.68. The first-order valence-corrected chi connectivity index (χ1v) is 10.7. The molecule has 1 aliphatic rings. The standard InChI is InChI=1S/C22H37N5O/c1-4-18(3)26-21(28)13-14-24-22(23-5-2)25-17-20(27-15-9-10-16-27)19-11-7-6-8-12-19/h6-8,11-12,18,20H,4-5,9-10,13-17H2,1-3H3,(H,26,28)(H2,23,24,25). The number of carbonyl (C=O) groups is 1. The van der Waals surface area contributed by atoms with Crippen molar-refractivity contribution >= 4 is 11.9 Å². The van der Waals surface area contributed by atoms with Gasteiger partial charge in [-0.1, -0.05) is 37.3 Å². The second kappa shape index (κ2) is 12.4. The van der Waals surface area contributed by atoms with E-state index in [1.807, 2.05) is 6.92 Å². The minimum atomic E-state index is 0.0805. The summed E-state index contributed by atoms with van der Waals surface area (Å²) in [6, 6.07) is 11.2. The summed E-state index contributed by atoms with van der Waals surface area (Å²) in [5.74, 6) is 0.857. The van der Waals surface area contributed by atoms with Crippen LogP contribution in [0.3, 0.4) is 0 Å². The summed E-state index contributed by atoms with van der Waals surface area (Å²) < 4.78 is 0. The molecular weight excluding hydrogens is 350 g/mol. The van der Waals surface area contributed by atoms with Gasteiger partial charge in [-0.15, -0.1) is 0 Å². The average molecular weight is 388 g/mol. The molecule has 1 saturated heterocycles. The van der Waals surface area contributed by atoms with Crippen molar-refractivity contribution in [2.24, 2.45) is 4.99 Å². The number of rotatable bonds is 10. The van der Waals surface area contributed by atoms with Crippen molar-refractivity contribution in [1.82, 2.24) is 20.9 Å². The molecule has 1 aromatic carbocycles. The molecule has 156 valence electrons. The monoisotopic (exact) mass is 387 g/mol. The zero-order chi connectivity index (χ0) is 20.2. The highest BCUT2D eigenvalue weighted by Crippen LogP contribution is 2.25. The zero-order valence-electron chi connectivity index (χ0n) is 17.7. The lowest BCUT2D eigenvalue weighted by Crippen LogP contribution is -2.41. The molecule has 0 saturated carbocycles. The van der Waals surface area contributed by atoms with Crippen LogP contribution in [0.2, 0.25) is 0 Å². The van der Waals surface area contributed by atoms with Gasteiger partial charge in [0.1, 0.15) is 0 Å². The summed E-state index contributed by atoms with van der Waals surface area (Å²) >= 11 is 0. The summed E-state index contributed by atoms with van der Waals surface area (Å²) in [4.78, 5) is 19.3. The number of nitrogens with zero attached hydrogens (tertiary/aromatic N) is 2. The molecule has 0 radical (unpaired) electrons. The van der Waals surface area contributed by atoms with Crippen LogP contribution < -0.4 is 16.0 Å². The van der Waals surface area contributed by atoms with E-state index in [4.69, 9.17) is 4.99 Å². The highest BCUT2D eigenvalue weighted by molar-refractivity contribution is 5.81. The summed E-state index contributed by atoms with van der Waals surface area (Å²) in [7, 11) is 0.